The Kier molecular flexibility index (Phi) is 6.57. The van der Waals surface area contributed by atoms with Crippen LogP contribution in [0.2, 0.25) is 0 Å². The minimum absolute atomic E-state index is 0.0963. The normalized spacial score (nSPS) is 10.7. The van der Waals surface area contributed by atoms with Crippen LogP contribution in [0.4, 0.5) is 11.4 Å². The van der Waals surface area contributed by atoms with Gasteiger partial charge in [0.15, 0.2) is 0 Å². The number of nitrogens with zero attached hydrogens (tertiary/aromatic N) is 3. The molecule has 2 aromatic heterocycles. The van der Waals surface area contributed by atoms with Crippen LogP contribution in [0, 0.1) is 20.2 Å². The average Bonchev–Trinajstić information content (AvgIpc) is 3.42. The molecule has 10 heteroatoms. The number of aromatic amines is 1. The minimum Gasteiger partial charge on any atom is -0.360 e. The average molecular weight is 572 g/mol. The number of benzene rings is 3. The number of hydrogen-bond acceptors (Lipinski definition) is 4. The molecule has 0 aliphatic rings. The third-order valence-electron chi connectivity index (χ3n) is 5.01. The lowest BCUT2D eigenvalue weighted by Gasteiger charge is -2.07. The first-order valence-corrected chi connectivity index (χ1v) is 11.3. The van der Waals surface area contributed by atoms with Gasteiger partial charge in [0.2, 0.25) is 0 Å². The SMILES string of the molecule is O=[N+]([O-])c1cc(Br)c2[nH]ccc2c1.O=[N+]([O-])c1cc(Br)c2c(ccn2Cc2ccccc2)c1. The lowest BCUT2D eigenvalue weighted by molar-refractivity contribution is -0.384. The molecule has 0 bridgehead atoms. The number of halogens is 2. The molecular weight excluding hydrogens is 556 g/mol. The quantitative estimate of drug-likeness (QED) is 0.182. The van der Waals surface area contributed by atoms with E-state index >= 15 is 0 Å². The maximum atomic E-state index is 10.9. The number of fused-ring (bicyclic) bond motifs is 2. The molecule has 166 valence electrons. The van der Waals surface area contributed by atoms with E-state index in [-0.39, 0.29) is 16.3 Å². The van der Waals surface area contributed by atoms with E-state index in [2.05, 4.69) is 53.5 Å². The van der Waals surface area contributed by atoms with Crippen molar-refractivity contribution in [1.29, 1.82) is 0 Å². The van der Waals surface area contributed by atoms with E-state index in [0.717, 1.165) is 32.8 Å². The topological polar surface area (TPSA) is 107 Å². The van der Waals surface area contributed by atoms with Crippen LogP contribution in [0.25, 0.3) is 21.8 Å². The largest absolute Gasteiger partial charge is 0.360 e. The first-order valence-electron chi connectivity index (χ1n) is 9.71. The van der Waals surface area contributed by atoms with Gasteiger partial charge in [0.1, 0.15) is 0 Å². The maximum Gasteiger partial charge on any atom is 0.271 e. The summed E-state index contributed by atoms with van der Waals surface area (Å²) in [4.78, 5) is 23.6. The van der Waals surface area contributed by atoms with Gasteiger partial charge in [0.05, 0.1) is 20.9 Å². The highest BCUT2D eigenvalue weighted by atomic mass is 79.9. The minimum atomic E-state index is -0.406. The summed E-state index contributed by atoms with van der Waals surface area (Å²) in [6, 6.07) is 20.0. The Hall–Kier alpha value is -3.50. The van der Waals surface area contributed by atoms with Gasteiger partial charge in [-0.1, -0.05) is 30.3 Å². The van der Waals surface area contributed by atoms with Gasteiger partial charge in [-0.3, -0.25) is 20.2 Å². The van der Waals surface area contributed by atoms with Crippen LogP contribution in [0.1, 0.15) is 5.56 Å². The van der Waals surface area contributed by atoms with Crippen LogP contribution in [0.15, 0.2) is 88.1 Å². The lowest BCUT2D eigenvalue weighted by Crippen LogP contribution is -1.98. The molecule has 1 N–H and O–H groups in total. The molecule has 3 aromatic carbocycles. The smallest absolute Gasteiger partial charge is 0.271 e. The highest BCUT2D eigenvalue weighted by Crippen LogP contribution is 2.31. The zero-order valence-corrected chi connectivity index (χ0v) is 20.1. The molecule has 0 amide bonds. The van der Waals surface area contributed by atoms with Crippen molar-refractivity contribution in [2.24, 2.45) is 0 Å². The highest BCUT2D eigenvalue weighted by molar-refractivity contribution is 9.11. The third kappa shape index (κ3) is 4.96. The summed E-state index contributed by atoms with van der Waals surface area (Å²) in [5.74, 6) is 0. The van der Waals surface area contributed by atoms with E-state index in [1.807, 2.05) is 30.5 Å². The maximum absolute atomic E-state index is 10.9. The van der Waals surface area contributed by atoms with Crippen molar-refractivity contribution in [2.45, 2.75) is 6.54 Å². The summed E-state index contributed by atoms with van der Waals surface area (Å²) in [7, 11) is 0. The summed E-state index contributed by atoms with van der Waals surface area (Å²) >= 11 is 6.69. The number of hydrogen-bond donors (Lipinski definition) is 1. The number of nitro benzene ring substituents is 2. The first-order chi connectivity index (χ1) is 15.8. The van der Waals surface area contributed by atoms with Gasteiger partial charge in [0.25, 0.3) is 11.4 Å². The van der Waals surface area contributed by atoms with Crippen molar-refractivity contribution in [3.8, 4) is 0 Å². The van der Waals surface area contributed by atoms with E-state index in [0.29, 0.717) is 4.47 Å². The molecule has 0 saturated heterocycles. The summed E-state index contributed by atoms with van der Waals surface area (Å²) in [6.07, 6.45) is 3.70. The Balaban J connectivity index is 0.000000172. The van der Waals surface area contributed by atoms with Crippen molar-refractivity contribution >= 4 is 65.0 Å². The molecular formula is C23H16Br2N4O4. The van der Waals surface area contributed by atoms with Crippen molar-refractivity contribution in [2.75, 3.05) is 0 Å². The fraction of sp³-hybridized carbons (Fsp3) is 0.0435. The number of H-pyrrole nitrogens is 1. The van der Waals surface area contributed by atoms with Crippen molar-refractivity contribution < 1.29 is 9.85 Å². The van der Waals surface area contributed by atoms with E-state index in [9.17, 15) is 20.2 Å². The Bertz CT molecular complexity index is 1480. The molecule has 0 spiro atoms. The monoisotopic (exact) mass is 570 g/mol. The molecule has 0 aliphatic heterocycles. The summed E-state index contributed by atoms with van der Waals surface area (Å²) in [5.41, 5.74) is 3.24. The zero-order chi connectivity index (χ0) is 23.5. The van der Waals surface area contributed by atoms with E-state index < -0.39 is 4.92 Å². The summed E-state index contributed by atoms with van der Waals surface area (Å²) in [5, 5.41) is 23.1. The Labute approximate surface area is 204 Å². The van der Waals surface area contributed by atoms with E-state index in [1.54, 1.807) is 24.4 Å². The molecule has 0 atom stereocenters. The summed E-state index contributed by atoms with van der Waals surface area (Å²) in [6.45, 7) is 0.737. The predicted octanol–water partition coefficient (Wildman–Crippen LogP) is 7.20. The highest BCUT2D eigenvalue weighted by Gasteiger charge is 2.13. The number of rotatable bonds is 4. The van der Waals surface area contributed by atoms with Crippen LogP contribution in [-0.2, 0) is 6.54 Å². The first kappa shape index (κ1) is 22.7. The molecule has 0 radical (unpaired) electrons. The summed E-state index contributed by atoms with van der Waals surface area (Å²) < 4.78 is 3.53. The Morgan fingerprint density at radius 1 is 0.818 bits per heavy atom. The van der Waals surface area contributed by atoms with E-state index in [4.69, 9.17) is 0 Å². The number of aromatic nitrogens is 2. The Morgan fingerprint density at radius 2 is 1.45 bits per heavy atom. The molecule has 0 saturated carbocycles. The lowest BCUT2D eigenvalue weighted by atomic mass is 10.2. The van der Waals surface area contributed by atoms with Gasteiger partial charge < -0.3 is 9.55 Å². The second-order valence-electron chi connectivity index (χ2n) is 7.18. The van der Waals surface area contributed by atoms with Gasteiger partial charge in [-0.15, -0.1) is 0 Å². The van der Waals surface area contributed by atoms with Crippen LogP contribution >= 0.6 is 31.9 Å². The third-order valence-corrected chi connectivity index (χ3v) is 6.24. The molecule has 0 fully saturated rings. The van der Waals surface area contributed by atoms with Gasteiger partial charge >= 0.3 is 0 Å². The molecule has 2 heterocycles. The van der Waals surface area contributed by atoms with Crippen LogP contribution < -0.4 is 0 Å². The van der Waals surface area contributed by atoms with E-state index in [1.165, 1.54) is 17.7 Å². The second-order valence-corrected chi connectivity index (χ2v) is 8.89. The fourth-order valence-corrected chi connectivity index (χ4v) is 4.78. The van der Waals surface area contributed by atoms with Crippen molar-refractivity contribution in [3.05, 3.63) is 114 Å². The zero-order valence-electron chi connectivity index (χ0n) is 16.9. The van der Waals surface area contributed by atoms with Gasteiger partial charge in [-0.25, -0.2) is 0 Å². The molecule has 8 nitrogen and oxygen atoms in total. The molecule has 0 unspecified atom stereocenters. The molecule has 33 heavy (non-hydrogen) atoms. The van der Waals surface area contributed by atoms with Crippen LogP contribution in [-0.4, -0.2) is 19.4 Å². The number of nitrogens with one attached hydrogen (secondary N) is 1. The van der Waals surface area contributed by atoms with Gasteiger partial charge in [-0.2, -0.15) is 0 Å². The van der Waals surface area contributed by atoms with Crippen LogP contribution in [0.3, 0.4) is 0 Å². The molecule has 5 rings (SSSR count). The van der Waals surface area contributed by atoms with Crippen LogP contribution in [0.5, 0.6) is 0 Å². The Morgan fingerprint density at radius 3 is 2.12 bits per heavy atom. The van der Waals surface area contributed by atoms with Crippen molar-refractivity contribution in [1.82, 2.24) is 9.55 Å². The predicted molar refractivity (Wildman–Crippen MR) is 134 cm³/mol. The second kappa shape index (κ2) is 9.55. The number of non-ortho nitro benzene ring substituents is 2. The number of nitro groups is 2. The standard InChI is InChI=1S/C15H11BrN2O2.C8H5BrN2O2/c16-14-9-13(18(19)20)8-12-6-7-17(15(12)14)10-11-4-2-1-3-5-11;9-7-4-6(11(12)13)3-5-1-2-10-8(5)7/h1-9H,10H2;1-4,10H. The van der Waals surface area contributed by atoms with Crippen molar-refractivity contribution in [3.63, 3.8) is 0 Å². The molecule has 0 aliphatic carbocycles. The van der Waals surface area contributed by atoms with Gasteiger partial charge in [-0.05, 0) is 49.6 Å². The molecule has 5 aromatic rings. The fourth-order valence-electron chi connectivity index (χ4n) is 3.51. The van der Waals surface area contributed by atoms with Gasteiger partial charge in [0, 0.05) is 62.9 Å².